The molecule has 39 heavy (non-hydrogen) atoms. The Morgan fingerprint density at radius 1 is 0.923 bits per heavy atom. The number of nitrogens with zero attached hydrogens (tertiary/aromatic N) is 5. The highest BCUT2D eigenvalue weighted by atomic mass is 16.4. The van der Waals surface area contributed by atoms with Gasteiger partial charge in [-0.25, -0.2) is 14.8 Å². The number of carbonyl (C=O) groups is 1. The van der Waals surface area contributed by atoms with Crippen LogP contribution in [0, 0.1) is 23.7 Å². The van der Waals surface area contributed by atoms with Crippen molar-refractivity contribution < 1.29 is 9.90 Å². The van der Waals surface area contributed by atoms with Crippen molar-refractivity contribution in [2.45, 2.75) is 129 Å². The standard InChI is InChI=1S/C31H48N6O2/c1-20-14-16-22(17-15-20)19-37-26-27(32-21(2)23-11-8-12-23)33-29(30(38)39)34-28(26)35-31(37)36-18-7-6-13-25(36)24-9-4-3-5-10-24/h20-25H,3-19H2,1-2H3,(H,38,39)(H,32,33,34). The minimum absolute atomic E-state index is 0.157. The number of hydrogen-bond donors (Lipinski definition) is 2. The fraction of sp³-hybridized carbons (Fsp3) is 0.806. The lowest BCUT2D eigenvalue weighted by molar-refractivity contribution is 0.0684. The lowest BCUT2D eigenvalue weighted by Gasteiger charge is -2.43. The third kappa shape index (κ3) is 5.62. The van der Waals surface area contributed by atoms with Gasteiger partial charge in [0.2, 0.25) is 11.8 Å². The first-order valence-corrected chi connectivity index (χ1v) is 16.0. The monoisotopic (exact) mass is 536 g/mol. The van der Waals surface area contributed by atoms with Gasteiger partial charge in [0.05, 0.1) is 0 Å². The number of hydrogen-bond acceptors (Lipinski definition) is 6. The summed E-state index contributed by atoms with van der Waals surface area (Å²) < 4.78 is 2.42. The summed E-state index contributed by atoms with van der Waals surface area (Å²) >= 11 is 0. The minimum Gasteiger partial charge on any atom is -0.475 e. The van der Waals surface area contributed by atoms with E-state index in [0.29, 0.717) is 29.3 Å². The largest absolute Gasteiger partial charge is 0.475 e. The van der Waals surface area contributed by atoms with Gasteiger partial charge in [-0.15, -0.1) is 0 Å². The molecule has 3 aliphatic carbocycles. The Morgan fingerprint density at radius 2 is 1.67 bits per heavy atom. The summed E-state index contributed by atoms with van der Waals surface area (Å²) in [5, 5.41) is 13.6. The van der Waals surface area contributed by atoms with Crippen molar-refractivity contribution in [2.75, 3.05) is 16.8 Å². The van der Waals surface area contributed by atoms with Crippen LogP contribution < -0.4 is 10.2 Å². The first-order valence-electron chi connectivity index (χ1n) is 16.0. The highest BCUT2D eigenvalue weighted by molar-refractivity contribution is 5.91. The molecule has 2 atom stereocenters. The Kier molecular flexibility index (Phi) is 7.99. The van der Waals surface area contributed by atoms with Gasteiger partial charge in [-0.05, 0) is 88.4 Å². The molecule has 2 unspecified atom stereocenters. The molecule has 0 spiro atoms. The average Bonchev–Trinajstić information content (AvgIpc) is 3.27. The first-order chi connectivity index (χ1) is 19.0. The van der Waals surface area contributed by atoms with Crippen LogP contribution in [0.5, 0.6) is 0 Å². The third-order valence-corrected chi connectivity index (χ3v) is 10.6. The van der Waals surface area contributed by atoms with Crippen LogP contribution in [0.4, 0.5) is 11.8 Å². The summed E-state index contributed by atoms with van der Waals surface area (Å²) in [7, 11) is 0. The van der Waals surface area contributed by atoms with Crippen LogP contribution >= 0.6 is 0 Å². The van der Waals surface area contributed by atoms with Gasteiger partial charge >= 0.3 is 5.97 Å². The summed E-state index contributed by atoms with van der Waals surface area (Å²) in [6.07, 6.45) is 19.1. The van der Waals surface area contributed by atoms with E-state index in [9.17, 15) is 9.90 Å². The Labute approximate surface area is 233 Å². The second-order valence-electron chi connectivity index (χ2n) is 13.3. The Hall–Kier alpha value is -2.38. The van der Waals surface area contributed by atoms with E-state index in [1.54, 1.807) is 0 Å². The number of fused-ring (bicyclic) bond motifs is 1. The number of piperidine rings is 1. The summed E-state index contributed by atoms with van der Waals surface area (Å²) in [5.41, 5.74) is 1.45. The normalized spacial score (nSPS) is 27.8. The molecular weight excluding hydrogens is 488 g/mol. The molecular formula is C31H48N6O2. The maximum atomic E-state index is 12.1. The molecule has 4 fully saturated rings. The summed E-state index contributed by atoms with van der Waals surface area (Å²) in [4.78, 5) is 29.0. The average molecular weight is 537 g/mol. The van der Waals surface area contributed by atoms with E-state index >= 15 is 0 Å². The van der Waals surface area contributed by atoms with Crippen molar-refractivity contribution in [2.24, 2.45) is 23.7 Å². The van der Waals surface area contributed by atoms with Crippen LogP contribution in [-0.4, -0.2) is 49.2 Å². The molecule has 4 aliphatic rings. The summed E-state index contributed by atoms with van der Waals surface area (Å²) in [6, 6.07) is 0.754. The fourth-order valence-electron chi connectivity index (χ4n) is 7.87. The van der Waals surface area contributed by atoms with Gasteiger partial charge in [-0.2, -0.15) is 4.98 Å². The molecule has 2 aromatic rings. The SMILES string of the molecule is CC1CCC(Cn2c(N3CCCCC3C3CCCCC3)nc3nc(C(=O)O)nc(NC(C)C4CCC4)c32)CC1. The van der Waals surface area contributed by atoms with Crippen LogP contribution in [0.2, 0.25) is 0 Å². The zero-order valence-electron chi connectivity index (χ0n) is 24.1. The maximum Gasteiger partial charge on any atom is 0.374 e. The zero-order valence-corrected chi connectivity index (χ0v) is 24.1. The number of anilines is 2. The van der Waals surface area contributed by atoms with Crippen molar-refractivity contribution in [1.29, 1.82) is 0 Å². The molecule has 3 saturated carbocycles. The zero-order chi connectivity index (χ0) is 26.9. The van der Waals surface area contributed by atoms with Gasteiger partial charge in [0, 0.05) is 25.2 Å². The first kappa shape index (κ1) is 26.8. The molecule has 8 heteroatoms. The molecule has 0 bridgehead atoms. The summed E-state index contributed by atoms with van der Waals surface area (Å²) in [6.45, 7) is 6.52. The quantitative estimate of drug-likeness (QED) is 0.379. The van der Waals surface area contributed by atoms with Crippen molar-refractivity contribution in [1.82, 2.24) is 19.5 Å². The van der Waals surface area contributed by atoms with E-state index in [0.717, 1.165) is 36.4 Å². The van der Waals surface area contributed by atoms with E-state index < -0.39 is 5.97 Å². The third-order valence-electron chi connectivity index (χ3n) is 10.6. The maximum absolute atomic E-state index is 12.1. The Morgan fingerprint density at radius 3 is 2.36 bits per heavy atom. The van der Waals surface area contributed by atoms with Gasteiger partial charge in [-0.1, -0.05) is 45.4 Å². The van der Waals surface area contributed by atoms with E-state index in [4.69, 9.17) is 4.98 Å². The van der Waals surface area contributed by atoms with E-state index in [1.165, 1.54) is 96.3 Å². The van der Waals surface area contributed by atoms with Crippen molar-refractivity contribution in [3.05, 3.63) is 5.82 Å². The van der Waals surface area contributed by atoms with Gasteiger partial charge in [-0.3, -0.25) is 0 Å². The number of rotatable bonds is 8. The molecule has 0 amide bonds. The Balaban J connectivity index is 1.44. The molecule has 1 aliphatic heterocycles. The molecule has 214 valence electrons. The van der Waals surface area contributed by atoms with Gasteiger partial charge in [0.15, 0.2) is 11.5 Å². The molecule has 2 aromatic heterocycles. The number of imidazole rings is 1. The highest BCUT2D eigenvalue weighted by Crippen LogP contribution is 2.40. The highest BCUT2D eigenvalue weighted by Gasteiger charge is 2.35. The Bertz CT molecular complexity index is 1150. The van der Waals surface area contributed by atoms with Crippen LogP contribution in [-0.2, 0) is 6.54 Å². The molecule has 1 saturated heterocycles. The van der Waals surface area contributed by atoms with E-state index in [-0.39, 0.29) is 11.9 Å². The molecule has 2 N–H and O–H groups in total. The molecule has 0 radical (unpaired) electrons. The molecule has 0 aromatic carbocycles. The number of nitrogens with one attached hydrogen (secondary N) is 1. The van der Waals surface area contributed by atoms with Crippen LogP contribution in [0.25, 0.3) is 11.2 Å². The van der Waals surface area contributed by atoms with Crippen LogP contribution in [0.1, 0.15) is 121 Å². The number of carboxylic acids is 1. The predicted octanol–water partition coefficient (Wildman–Crippen LogP) is 6.89. The van der Waals surface area contributed by atoms with Crippen molar-refractivity contribution in [3.8, 4) is 0 Å². The van der Waals surface area contributed by atoms with E-state index in [2.05, 4.69) is 38.6 Å². The topological polar surface area (TPSA) is 96.2 Å². The van der Waals surface area contributed by atoms with Gasteiger partial charge in [0.1, 0.15) is 5.52 Å². The molecule has 8 nitrogen and oxygen atoms in total. The molecule has 3 heterocycles. The minimum atomic E-state index is -1.09. The second-order valence-corrected chi connectivity index (χ2v) is 13.3. The predicted molar refractivity (Wildman–Crippen MR) is 155 cm³/mol. The van der Waals surface area contributed by atoms with Gasteiger partial charge < -0.3 is 19.9 Å². The molecule has 6 rings (SSSR count). The van der Waals surface area contributed by atoms with Crippen LogP contribution in [0.3, 0.4) is 0 Å². The van der Waals surface area contributed by atoms with Crippen molar-refractivity contribution in [3.63, 3.8) is 0 Å². The number of aromatic nitrogens is 4. The number of aromatic carboxylic acids is 1. The van der Waals surface area contributed by atoms with E-state index in [1.807, 2.05) is 0 Å². The van der Waals surface area contributed by atoms with Crippen LogP contribution in [0.15, 0.2) is 0 Å². The summed E-state index contributed by atoms with van der Waals surface area (Å²) in [5.74, 6) is 3.16. The number of carboxylic acid groups (broad SMARTS) is 1. The van der Waals surface area contributed by atoms with Crippen molar-refractivity contribution >= 4 is 28.9 Å². The smallest absolute Gasteiger partial charge is 0.374 e. The van der Waals surface area contributed by atoms with Gasteiger partial charge in [0.25, 0.3) is 0 Å². The second kappa shape index (κ2) is 11.6. The lowest BCUT2D eigenvalue weighted by atomic mass is 9.80. The fourth-order valence-corrected chi connectivity index (χ4v) is 7.87. The lowest BCUT2D eigenvalue weighted by Crippen LogP contribution is -2.46.